The maximum absolute atomic E-state index is 2.50. The number of fused-ring (bicyclic) bond motifs is 1. The van der Waals surface area contributed by atoms with E-state index in [9.17, 15) is 0 Å². The fraction of sp³-hybridized carbons (Fsp3) is 0.600. The summed E-state index contributed by atoms with van der Waals surface area (Å²) in [7, 11) is 2.26. The molecule has 1 aromatic rings. The zero-order chi connectivity index (χ0) is 12.3. The second-order valence-corrected chi connectivity index (χ2v) is 6.34. The Labute approximate surface area is 110 Å². The zero-order valence-electron chi connectivity index (χ0n) is 11.1. The molecule has 0 saturated heterocycles. The van der Waals surface area contributed by atoms with Gasteiger partial charge in [0, 0.05) is 29.7 Å². The van der Waals surface area contributed by atoms with Gasteiger partial charge >= 0.3 is 0 Å². The Bertz CT molecular complexity index is 364. The molecule has 0 amide bonds. The minimum Gasteiger partial charge on any atom is -0.305 e. The van der Waals surface area contributed by atoms with Crippen molar-refractivity contribution in [2.24, 2.45) is 5.92 Å². The maximum Gasteiger partial charge on any atom is 0.0108 e. The third-order valence-corrected chi connectivity index (χ3v) is 4.90. The van der Waals surface area contributed by atoms with Crippen LogP contribution >= 0.6 is 11.8 Å². The first-order valence-electron chi connectivity index (χ1n) is 6.61. The third kappa shape index (κ3) is 3.26. The van der Waals surface area contributed by atoms with Gasteiger partial charge in [0.2, 0.25) is 0 Å². The minimum atomic E-state index is 0.727. The fourth-order valence-electron chi connectivity index (χ4n) is 2.49. The topological polar surface area (TPSA) is 3.24 Å². The highest BCUT2D eigenvalue weighted by atomic mass is 32.2. The molecule has 17 heavy (non-hydrogen) atoms. The van der Waals surface area contributed by atoms with Crippen molar-refractivity contribution < 1.29 is 0 Å². The summed E-state index contributed by atoms with van der Waals surface area (Å²) in [4.78, 5) is 4.00. The van der Waals surface area contributed by atoms with Gasteiger partial charge in [0.25, 0.3) is 0 Å². The molecule has 2 atom stereocenters. The second-order valence-electron chi connectivity index (χ2n) is 5.28. The van der Waals surface area contributed by atoms with Gasteiger partial charge in [-0.25, -0.2) is 0 Å². The summed E-state index contributed by atoms with van der Waals surface area (Å²) in [6, 6.07) is 8.88. The summed E-state index contributed by atoms with van der Waals surface area (Å²) in [5.74, 6) is 2.79. The number of rotatable bonds is 5. The van der Waals surface area contributed by atoms with Crippen molar-refractivity contribution in [2.45, 2.75) is 31.1 Å². The number of thioether (sulfide) groups is 1. The molecule has 0 saturated carbocycles. The van der Waals surface area contributed by atoms with Crippen LogP contribution in [0.1, 0.15) is 31.7 Å². The molecule has 0 N–H and O–H groups in total. The normalized spacial score (nSPS) is 20.6. The minimum absolute atomic E-state index is 0.727. The average Bonchev–Trinajstić information content (AvgIpc) is 2.72. The summed E-state index contributed by atoms with van der Waals surface area (Å²) in [5.41, 5.74) is 1.56. The van der Waals surface area contributed by atoms with Crippen LogP contribution in [-0.4, -0.2) is 30.8 Å². The predicted molar refractivity (Wildman–Crippen MR) is 76.9 cm³/mol. The molecule has 2 rings (SSSR count). The van der Waals surface area contributed by atoms with Crippen molar-refractivity contribution in [2.75, 3.05) is 25.9 Å². The number of nitrogens with zero attached hydrogens (tertiary/aromatic N) is 1. The first-order valence-corrected chi connectivity index (χ1v) is 7.59. The van der Waals surface area contributed by atoms with Crippen LogP contribution in [0.5, 0.6) is 0 Å². The highest BCUT2D eigenvalue weighted by Gasteiger charge is 2.23. The van der Waals surface area contributed by atoms with Crippen molar-refractivity contribution >= 4 is 11.8 Å². The van der Waals surface area contributed by atoms with Crippen molar-refractivity contribution in [3.05, 3.63) is 29.8 Å². The summed E-state index contributed by atoms with van der Waals surface area (Å²) in [5, 5.41) is 0. The van der Waals surface area contributed by atoms with Gasteiger partial charge in [0.05, 0.1) is 0 Å². The van der Waals surface area contributed by atoms with Crippen molar-refractivity contribution in [1.82, 2.24) is 4.90 Å². The lowest BCUT2D eigenvalue weighted by Gasteiger charge is -2.23. The molecule has 2 unspecified atom stereocenters. The van der Waals surface area contributed by atoms with Crippen molar-refractivity contribution in [3.8, 4) is 0 Å². The quantitative estimate of drug-likeness (QED) is 0.779. The lowest BCUT2D eigenvalue weighted by Crippen LogP contribution is -2.29. The third-order valence-electron chi connectivity index (χ3n) is 3.65. The van der Waals surface area contributed by atoms with Gasteiger partial charge in [-0.2, -0.15) is 0 Å². The van der Waals surface area contributed by atoms with Crippen LogP contribution in [-0.2, 0) is 0 Å². The number of hydrogen-bond donors (Lipinski definition) is 0. The molecule has 94 valence electrons. The highest BCUT2D eigenvalue weighted by Crippen LogP contribution is 2.39. The summed E-state index contributed by atoms with van der Waals surface area (Å²) < 4.78 is 0. The van der Waals surface area contributed by atoms with Gasteiger partial charge < -0.3 is 4.90 Å². The van der Waals surface area contributed by atoms with E-state index in [0.717, 1.165) is 11.8 Å². The van der Waals surface area contributed by atoms with E-state index >= 15 is 0 Å². The first-order chi connectivity index (χ1) is 8.20. The van der Waals surface area contributed by atoms with Crippen LogP contribution in [0.3, 0.4) is 0 Å². The van der Waals surface area contributed by atoms with E-state index in [4.69, 9.17) is 0 Å². The molecule has 2 heteroatoms. The predicted octanol–water partition coefficient (Wildman–Crippen LogP) is 3.85. The molecule has 0 aromatic heterocycles. The van der Waals surface area contributed by atoms with Gasteiger partial charge in [0.15, 0.2) is 0 Å². The molecule has 1 nitrogen and oxygen atoms in total. The average molecular weight is 249 g/mol. The van der Waals surface area contributed by atoms with E-state index in [2.05, 4.69) is 50.1 Å². The van der Waals surface area contributed by atoms with Crippen LogP contribution < -0.4 is 0 Å². The molecule has 1 heterocycles. The summed E-state index contributed by atoms with van der Waals surface area (Å²) in [6.07, 6.45) is 1.28. The number of benzene rings is 1. The molecule has 0 spiro atoms. The van der Waals surface area contributed by atoms with E-state index < -0.39 is 0 Å². The fourth-order valence-corrected chi connectivity index (χ4v) is 3.73. The van der Waals surface area contributed by atoms with Gasteiger partial charge in [-0.1, -0.05) is 38.5 Å². The van der Waals surface area contributed by atoms with Crippen LogP contribution in [0.2, 0.25) is 0 Å². The van der Waals surface area contributed by atoms with Gasteiger partial charge in [-0.05, 0) is 24.6 Å². The maximum atomic E-state index is 2.50. The Morgan fingerprint density at radius 3 is 2.94 bits per heavy atom. The Kier molecular flexibility index (Phi) is 4.52. The Morgan fingerprint density at radius 2 is 2.18 bits per heavy atom. The van der Waals surface area contributed by atoms with Gasteiger partial charge in [-0.15, -0.1) is 11.8 Å². The standard InChI is InChI=1S/C15H23NS/c1-4-12(2)9-16(3)10-13-11-17-15-8-6-5-7-14(13)15/h5-8,12-13H,4,9-11H2,1-3H3. The molecular formula is C15H23NS. The van der Waals surface area contributed by atoms with Crippen LogP contribution in [0, 0.1) is 5.92 Å². The van der Waals surface area contributed by atoms with E-state index in [1.165, 1.54) is 30.2 Å². The van der Waals surface area contributed by atoms with E-state index in [1.807, 2.05) is 11.8 Å². The molecule has 1 aromatic carbocycles. The second kappa shape index (κ2) is 5.92. The lowest BCUT2D eigenvalue weighted by atomic mass is 10.0. The van der Waals surface area contributed by atoms with E-state index in [0.29, 0.717) is 0 Å². The Morgan fingerprint density at radius 1 is 1.41 bits per heavy atom. The van der Waals surface area contributed by atoms with E-state index in [-0.39, 0.29) is 0 Å². The number of hydrogen-bond acceptors (Lipinski definition) is 2. The molecule has 1 aliphatic heterocycles. The van der Waals surface area contributed by atoms with Gasteiger partial charge in [-0.3, -0.25) is 0 Å². The summed E-state index contributed by atoms with van der Waals surface area (Å²) >= 11 is 2.02. The first kappa shape index (κ1) is 13.0. The van der Waals surface area contributed by atoms with Crippen molar-refractivity contribution in [3.63, 3.8) is 0 Å². The van der Waals surface area contributed by atoms with Gasteiger partial charge in [0.1, 0.15) is 0 Å². The summed E-state index contributed by atoms with van der Waals surface area (Å²) in [6.45, 7) is 7.04. The lowest BCUT2D eigenvalue weighted by molar-refractivity contribution is 0.271. The molecule has 0 aliphatic carbocycles. The van der Waals surface area contributed by atoms with Crippen LogP contribution in [0.25, 0.3) is 0 Å². The highest BCUT2D eigenvalue weighted by molar-refractivity contribution is 7.99. The van der Waals surface area contributed by atoms with Crippen LogP contribution in [0.4, 0.5) is 0 Å². The van der Waals surface area contributed by atoms with Crippen molar-refractivity contribution in [1.29, 1.82) is 0 Å². The number of likely N-dealkylation sites (N-methyl/N-ethyl adjacent to an activating group) is 1. The monoisotopic (exact) mass is 249 g/mol. The molecule has 1 aliphatic rings. The largest absolute Gasteiger partial charge is 0.305 e. The van der Waals surface area contributed by atoms with E-state index in [1.54, 1.807) is 5.56 Å². The molecular weight excluding hydrogens is 226 g/mol. The molecule has 0 radical (unpaired) electrons. The molecule has 0 fully saturated rings. The van der Waals surface area contributed by atoms with Crippen LogP contribution in [0.15, 0.2) is 29.2 Å². The Hall–Kier alpha value is -0.470. The zero-order valence-corrected chi connectivity index (χ0v) is 12.0. The molecule has 0 bridgehead atoms. The Balaban J connectivity index is 1.93. The SMILES string of the molecule is CCC(C)CN(C)CC1CSc2ccccc21. The smallest absolute Gasteiger partial charge is 0.0108 e.